The van der Waals surface area contributed by atoms with Gasteiger partial charge in [-0.3, -0.25) is 0 Å². The molecule has 0 radical (unpaired) electrons. The lowest BCUT2D eigenvalue weighted by molar-refractivity contribution is 0.598. The van der Waals surface area contributed by atoms with Crippen LogP contribution in [-0.2, 0) is 4.57 Å². The number of benzene rings is 1. The smallest absolute Gasteiger partial charge is 0.141 e. The molecule has 1 aromatic heterocycles. The highest BCUT2D eigenvalue weighted by molar-refractivity contribution is 7.67. The second kappa shape index (κ2) is 4.30. The van der Waals surface area contributed by atoms with Crippen LogP contribution in [0, 0.1) is 12.7 Å². The molecule has 1 unspecified atom stereocenters. The van der Waals surface area contributed by atoms with E-state index >= 15 is 0 Å². The van der Waals surface area contributed by atoms with Gasteiger partial charge in [0.1, 0.15) is 13.6 Å². The largest absolute Gasteiger partial charge is 0.316 e. The van der Waals surface area contributed by atoms with E-state index in [-0.39, 0.29) is 5.82 Å². The highest BCUT2D eigenvalue weighted by Crippen LogP contribution is 2.23. The van der Waals surface area contributed by atoms with Crippen LogP contribution in [-0.4, -0.2) is 0 Å². The molecule has 1 heterocycles. The van der Waals surface area contributed by atoms with Crippen molar-refractivity contribution in [3.05, 3.63) is 47.1 Å². The Balaban J connectivity index is 2.32. The minimum atomic E-state index is -1.94. The van der Waals surface area contributed by atoms with E-state index in [2.05, 4.69) is 0 Å². The lowest BCUT2D eigenvalue weighted by Crippen LogP contribution is -2.02. The van der Waals surface area contributed by atoms with Crippen molar-refractivity contribution in [3.8, 4) is 0 Å². The van der Waals surface area contributed by atoms with Gasteiger partial charge in [-0.05, 0) is 48.2 Å². The van der Waals surface area contributed by atoms with Crippen LogP contribution in [0.3, 0.4) is 0 Å². The summed E-state index contributed by atoms with van der Waals surface area (Å²) >= 11 is 1.50. The lowest BCUT2D eigenvalue weighted by atomic mass is 10.4. The standard InChI is InChI=1S/C11H10FOPS/c1-8-6-11(15-7-8)14(13)10-4-2-9(12)3-5-10/h2-7,14H,1H3. The van der Waals surface area contributed by atoms with E-state index in [0.29, 0.717) is 5.30 Å². The fourth-order valence-electron chi connectivity index (χ4n) is 1.29. The average Bonchev–Trinajstić information content (AvgIpc) is 2.65. The van der Waals surface area contributed by atoms with Gasteiger partial charge in [0.2, 0.25) is 0 Å². The molecule has 0 saturated heterocycles. The van der Waals surface area contributed by atoms with Crippen molar-refractivity contribution in [1.29, 1.82) is 0 Å². The third-order valence-corrected chi connectivity index (χ3v) is 5.28. The molecule has 0 bridgehead atoms. The van der Waals surface area contributed by atoms with Crippen LogP contribution in [0.2, 0.25) is 0 Å². The molecule has 4 heteroatoms. The fourth-order valence-corrected chi connectivity index (χ4v) is 4.00. The van der Waals surface area contributed by atoms with Gasteiger partial charge in [-0.2, -0.15) is 0 Å². The first-order chi connectivity index (χ1) is 7.16. The van der Waals surface area contributed by atoms with Gasteiger partial charge in [0.15, 0.2) is 0 Å². The molecular weight excluding hydrogens is 230 g/mol. The number of rotatable bonds is 2. The van der Waals surface area contributed by atoms with E-state index in [0.717, 1.165) is 10.2 Å². The van der Waals surface area contributed by atoms with Gasteiger partial charge in [0.25, 0.3) is 0 Å². The van der Waals surface area contributed by atoms with Gasteiger partial charge in [-0.25, -0.2) is 4.39 Å². The second-order valence-electron chi connectivity index (χ2n) is 3.32. The molecule has 0 saturated carbocycles. The molecule has 0 N–H and O–H groups in total. The number of thiophene rings is 1. The number of aryl methyl sites for hydroxylation is 1. The molecular formula is C11H10FOPS. The Bertz CT molecular complexity index is 490. The average molecular weight is 240 g/mol. The number of hydrogen-bond acceptors (Lipinski definition) is 2. The van der Waals surface area contributed by atoms with E-state index in [1.54, 1.807) is 12.1 Å². The summed E-state index contributed by atoms with van der Waals surface area (Å²) in [6.45, 7) is 1.97. The van der Waals surface area contributed by atoms with E-state index < -0.39 is 7.80 Å². The molecule has 78 valence electrons. The molecule has 1 atom stereocenters. The molecule has 1 nitrogen and oxygen atoms in total. The Morgan fingerprint density at radius 2 is 1.93 bits per heavy atom. The van der Waals surface area contributed by atoms with Crippen molar-refractivity contribution in [1.82, 2.24) is 0 Å². The zero-order valence-electron chi connectivity index (χ0n) is 8.16. The van der Waals surface area contributed by atoms with Crippen LogP contribution in [0.5, 0.6) is 0 Å². The molecule has 15 heavy (non-hydrogen) atoms. The maximum Gasteiger partial charge on any atom is 0.141 e. The Morgan fingerprint density at radius 3 is 2.47 bits per heavy atom. The van der Waals surface area contributed by atoms with Crippen molar-refractivity contribution in [2.24, 2.45) is 0 Å². The summed E-state index contributed by atoms with van der Waals surface area (Å²) in [5.41, 5.74) is 1.12. The normalized spacial score (nSPS) is 12.7. The van der Waals surface area contributed by atoms with Crippen LogP contribution >= 0.6 is 19.1 Å². The van der Waals surface area contributed by atoms with Crippen LogP contribution in [0.4, 0.5) is 4.39 Å². The maximum atomic E-state index is 12.7. The lowest BCUT2D eigenvalue weighted by Gasteiger charge is -1.98. The van der Waals surface area contributed by atoms with Crippen LogP contribution in [0.1, 0.15) is 5.56 Å². The summed E-state index contributed by atoms with van der Waals surface area (Å²) < 4.78 is 25.6. The molecule has 2 rings (SSSR count). The van der Waals surface area contributed by atoms with E-state index in [4.69, 9.17) is 0 Å². The van der Waals surface area contributed by atoms with Gasteiger partial charge in [0, 0.05) is 5.30 Å². The molecule has 1 aromatic carbocycles. The first-order valence-electron chi connectivity index (χ1n) is 4.52. The predicted octanol–water partition coefficient (Wildman–Crippen LogP) is 2.71. The first kappa shape index (κ1) is 10.6. The zero-order chi connectivity index (χ0) is 10.8. The summed E-state index contributed by atoms with van der Waals surface area (Å²) in [5, 5.41) is 2.68. The summed E-state index contributed by atoms with van der Waals surface area (Å²) in [7, 11) is -1.94. The van der Waals surface area contributed by atoms with Crippen LogP contribution in [0.25, 0.3) is 0 Å². The van der Waals surface area contributed by atoms with Gasteiger partial charge in [0.05, 0.1) is 4.62 Å². The van der Waals surface area contributed by atoms with Crippen molar-refractivity contribution in [2.75, 3.05) is 0 Å². The summed E-state index contributed by atoms with van der Waals surface area (Å²) in [6.07, 6.45) is 0. The van der Waals surface area contributed by atoms with Gasteiger partial charge < -0.3 is 4.57 Å². The number of hydrogen-bond donors (Lipinski definition) is 0. The fraction of sp³-hybridized carbons (Fsp3) is 0.0909. The Hall–Kier alpha value is -0.920. The molecule has 0 aliphatic heterocycles. The molecule has 0 amide bonds. The Morgan fingerprint density at radius 1 is 1.27 bits per heavy atom. The van der Waals surface area contributed by atoms with Crippen molar-refractivity contribution < 1.29 is 8.96 Å². The first-order valence-corrected chi connectivity index (χ1v) is 6.81. The van der Waals surface area contributed by atoms with Crippen molar-refractivity contribution in [2.45, 2.75) is 6.92 Å². The zero-order valence-corrected chi connectivity index (χ0v) is 9.98. The summed E-state index contributed by atoms with van der Waals surface area (Å²) in [5.74, 6) is -0.295. The van der Waals surface area contributed by atoms with Crippen molar-refractivity contribution >= 4 is 29.1 Å². The van der Waals surface area contributed by atoms with E-state index in [1.807, 2.05) is 18.4 Å². The van der Waals surface area contributed by atoms with E-state index in [1.165, 1.54) is 23.5 Å². The highest BCUT2D eigenvalue weighted by atomic mass is 32.1. The third-order valence-electron chi connectivity index (χ3n) is 2.06. The topological polar surface area (TPSA) is 17.1 Å². The maximum absolute atomic E-state index is 12.7. The highest BCUT2D eigenvalue weighted by Gasteiger charge is 2.08. The Kier molecular flexibility index (Phi) is 3.03. The molecule has 0 aliphatic rings. The predicted molar refractivity (Wildman–Crippen MR) is 63.7 cm³/mol. The van der Waals surface area contributed by atoms with Crippen molar-refractivity contribution in [3.63, 3.8) is 0 Å². The number of halogens is 1. The monoisotopic (exact) mass is 240 g/mol. The summed E-state index contributed by atoms with van der Waals surface area (Å²) in [6, 6.07) is 7.80. The van der Waals surface area contributed by atoms with Gasteiger partial charge in [-0.1, -0.05) is 0 Å². The molecule has 0 fully saturated rings. The van der Waals surface area contributed by atoms with Gasteiger partial charge in [-0.15, -0.1) is 11.3 Å². The Labute approximate surface area is 92.4 Å². The molecule has 0 spiro atoms. The van der Waals surface area contributed by atoms with Gasteiger partial charge >= 0.3 is 0 Å². The second-order valence-corrected chi connectivity index (χ2v) is 6.37. The minimum absolute atomic E-state index is 0.295. The SMILES string of the molecule is Cc1csc([PH](=O)c2ccc(F)cc2)c1. The van der Waals surface area contributed by atoms with E-state index in [9.17, 15) is 8.96 Å². The third kappa shape index (κ3) is 2.36. The molecule has 0 aliphatic carbocycles. The molecule has 2 aromatic rings. The quantitative estimate of drug-likeness (QED) is 0.738. The van der Waals surface area contributed by atoms with Crippen LogP contribution < -0.4 is 9.92 Å². The summed E-state index contributed by atoms with van der Waals surface area (Å²) in [4.78, 5) is 0. The minimum Gasteiger partial charge on any atom is -0.316 e. The van der Waals surface area contributed by atoms with Crippen LogP contribution in [0.15, 0.2) is 35.7 Å².